The maximum Gasteiger partial charge on any atom is 0.340 e. The Morgan fingerprint density at radius 3 is 2.52 bits per heavy atom. The van der Waals surface area contributed by atoms with E-state index in [-0.39, 0.29) is 0 Å². The molecule has 3 nitrogen and oxygen atoms in total. The van der Waals surface area contributed by atoms with Crippen LogP contribution in [0.3, 0.4) is 0 Å². The first-order valence-electron chi connectivity index (χ1n) is 7.82. The Labute approximate surface area is 132 Å². The smallest absolute Gasteiger partial charge is 0.340 e. The van der Waals surface area contributed by atoms with E-state index in [1.54, 1.807) is 6.07 Å². The zero-order valence-electron chi connectivity index (χ0n) is 13.1. The number of unbranched alkanes of at least 4 members (excludes halogenated alkanes) is 5. The van der Waals surface area contributed by atoms with E-state index in [9.17, 15) is 9.90 Å². The first-order valence-corrected chi connectivity index (χ1v) is 8.81. The summed E-state index contributed by atoms with van der Waals surface area (Å²) >= 11 is 1.54. The Balaban J connectivity index is 2.50. The van der Waals surface area contributed by atoms with Crippen molar-refractivity contribution < 1.29 is 14.6 Å². The SMILES string of the molecule is CCCCCCCCOc1cccc(SCC)c1C(=O)O. The molecular weight excluding hydrogens is 284 g/mol. The number of benzene rings is 1. The first-order chi connectivity index (χ1) is 10.2. The van der Waals surface area contributed by atoms with Gasteiger partial charge in [0.2, 0.25) is 0 Å². The molecule has 0 unspecified atom stereocenters. The van der Waals surface area contributed by atoms with Gasteiger partial charge in [-0.2, -0.15) is 0 Å². The topological polar surface area (TPSA) is 46.5 Å². The quantitative estimate of drug-likeness (QED) is 0.448. The summed E-state index contributed by atoms with van der Waals surface area (Å²) in [6, 6.07) is 5.45. The average molecular weight is 310 g/mol. The number of carboxylic acids is 1. The Morgan fingerprint density at radius 1 is 1.14 bits per heavy atom. The van der Waals surface area contributed by atoms with Gasteiger partial charge in [0.25, 0.3) is 0 Å². The third kappa shape index (κ3) is 6.42. The highest BCUT2D eigenvalue weighted by molar-refractivity contribution is 7.99. The molecule has 0 aliphatic heterocycles. The number of carbonyl (C=O) groups is 1. The molecule has 0 aliphatic carbocycles. The second-order valence-corrected chi connectivity index (χ2v) is 6.29. The van der Waals surface area contributed by atoms with Gasteiger partial charge < -0.3 is 9.84 Å². The molecule has 1 rings (SSSR count). The summed E-state index contributed by atoms with van der Waals surface area (Å²) in [7, 11) is 0. The summed E-state index contributed by atoms with van der Waals surface area (Å²) < 4.78 is 5.70. The van der Waals surface area contributed by atoms with Crippen molar-refractivity contribution in [1.29, 1.82) is 0 Å². The number of ether oxygens (including phenoxy) is 1. The lowest BCUT2D eigenvalue weighted by Gasteiger charge is -2.12. The fourth-order valence-corrected chi connectivity index (χ4v) is 3.00. The van der Waals surface area contributed by atoms with E-state index in [2.05, 4.69) is 6.92 Å². The van der Waals surface area contributed by atoms with Gasteiger partial charge in [-0.15, -0.1) is 11.8 Å². The van der Waals surface area contributed by atoms with Gasteiger partial charge in [-0.05, 0) is 24.3 Å². The zero-order valence-corrected chi connectivity index (χ0v) is 13.9. The highest BCUT2D eigenvalue weighted by atomic mass is 32.2. The third-order valence-corrected chi connectivity index (χ3v) is 4.20. The van der Waals surface area contributed by atoms with Gasteiger partial charge in [-0.25, -0.2) is 4.79 Å². The molecule has 1 aromatic rings. The van der Waals surface area contributed by atoms with Gasteiger partial charge in [0.05, 0.1) is 6.61 Å². The van der Waals surface area contributed by atoms with E-state index in [1.165, 1.54) is 37.4 Å². The predicted octanol–water partition coefficient (Wildman–Crippen LogP) is 5.24. The summed E-state index contributed by atoms with van der Waals surface area (Å²) in [5.74, 6) is 0.431. The monoisotopic (exact) mass is 310 g/mol. The van der Waals surface area contributed by atoms with E-state index in [4.69, 9.17) is 4.74 Å². The molecule has 0 spiro atoms. The molecule has 0 amide bonds. The van der Waals surface area contributed by atoms with Crippen molar-refractivity contribution in [3.05, 3.63) is 23.8 Å². The van der Waals surface area contributed by atoms with Gasteiger partial charge in [0, 0.05) is 4.90 Å². The van der Waals surface area contributed by atoms with E-state index < -0.39 is 5.97 Å². The predicted molar refractivity (Wildman–Crippen MR) is 88.7 cm³/mol. The minimum atomic E-state index is -0.913. The summed E-state index contributed by atoms with van der Waals surface area (Å²) in [6.45, 7) is 4.81. The molecular formula is C17H26O3S. The summed E-state index contributed by atoms with van der Waals surface area (Å²) in [5, 5.41) is 9.38. The lowest BCUT2D eigenvalue weighted by atomic mass is 10.1. The van der Waals surface area contributed by atoms with Crippen LogP contribution in [0.4, 0.5) is 0 Å². The molecule has 0 saturated heterocycles. The second kappa shape index (κ2) is 10.6. The highest BCUT2D eigenvalue weighted by Gasteiger charge is 2.16. The number of aromatic carboxylic acids is 1. The highest BCUT2D eigenvalue weighted by Crippen LogP contribution is 2.30. The van der Waals surface area contributed by atoms with Gasteiger partial charge in [0.1, 0.15) is 11.3 Å². The Morgan fingerprint density at radius 2 is 1.86 bits per heavy atom. The molecule has 0 aromatic heterocycles. The van der Waals surface area contributed by atoms with Crippen LogP contribution in [0.5, 0.6) is 5.75 Å². The lowest BCUT2D eigenvalue weighted by molar-refractivity contribution is 0.0688. The normalized spacial score (nSPS) is 10.6. The standard InChI is InChI=1S/C17H26O3S/c1-3-5-6-7-8-9-13-20-14-11-10-12-15(21-4-2)16(14)17(18)19/h10-12H,3-9,13H2,1-2H3,(H,18,19). The molecule has 0 atom stereocenters. The van der Waals surface area contributed by atoms with Gasteiger partial charge >= 0.3 is 5.97 Å². The summed E-state index contributed by atoms with van der Waals surface area (Å²) in [5.41, 5.74) is 0.301. The fourth-order valence-electron chi connectivity index (χ4n) is 2.18. The molecule has 0 bridgehead atoms. The van der Waals surface area contributed by atoms with E-state index in [1.807, 2.05) is 19.1 Å². The van der Waals surface area contributed by atoms with Crippen molar-refractivity contribution in [2.24, 2.45) is 0 Å². The maximum absolute atomic E-state index is 11.4. The molecule has 0 saturated carbocycles. The van der Waals surface area contributed by atoms with Crippen LogP contribution in [0.1, 0.15) is 62.7 Å². The molecule has 0 fully saturated rings. The van der Waals surface area contributed by atoms with Crippen molar-refractivity contribution in [3.63, 3.8) is 0 Å². The molecule has 0 heterocycles. The van der Waals surface area contributed by atoms with E-state index >= 15 is 0 Å². The number of rotatable bonds is 11. The Kier molecular flexibility index (Phi) is 8.99. The molecule has 4 heteroatoms. The average Bonchev–Trinajstić information content (AvgIpc) is 2.46. The fraction of sp³-hybridized carbons (Fsp3) is 0.588. The lowest BCUT2D eigenvalue weighted by Crippen LogP contribution is -2.06. The van der Waals surface area contributed by atoms with Crippen LogP contribution in [0.2, 0.25) is 0 Å². The van der Waals surface area contributed by atoms with Crippen LogP contribution in [0.25, 0.3) is 0 Å². The van der Waals surface area contributed by atoms with Crippen molar-refractivity contribution in [1.82, 2.24) is 0 Å². The number of carboxylic acid groups (broad SMARTS) is 1. The Bertz CT molecular complexity index is 432. The number of hydrogen-bond acceptors (Lipinski definition) is 3. The largest absolute Gasteiger partial charge is 0.493 e. The van der Waals surface area contributed by atoms with Gasteiger partial charge in [0.15, 0.2) is 0 Å². The van der Waals surface area contributed by atoms with Gasteiger partial charge in [-0.3, -0.25) is 0 Å². The van der Waals surface area contributed by atoms with E-state index in [0.29, 0.717) is 17.9 Å². The zero-order chi connectivity index (χ0) is 15.5. The molecule has 21 heavy (non-hydrogen) atoms. The van der Waals surface area contributed by atoms with Crippen molar-refractivity contribution in [2.75, 3.05) is 12.4 Å². The minimum Gasteiger partial charge on any atom is -0.493 e. The number of hydrogen-bond donors (Lipinski definition) is 1. The minimum absolute atomic E-state index is 0.301. The van der Waals surface area contributed by atoms with Crippen molar-refractivity contribution in [3.8, 4) is 5.75 Å². The van der Waals surface area contributed by atoms with E-state index in [0.717, 1.165) is 23.5 Å². The summed E-state index contributed by atoms with van der Waals surface area (Å²) in [4.78, 5) is 12.2. The number of thioether (sulfide) groups is 1. The first kappa shape index (κ1) is 17.9. The third-order valence-electron chi connectivity index (χ3n) is 3.26. The molecule has 1 N–H and O–H groups in total. The van der Waals surface area contributed by atoms with Crippen LogP contribution in [-0.4, -0.2) is 23.4 Å². The molecule has 1 aromatic carbocycles. The van der Waals surface area contributed by atoms with Crippen LogP contribution in [-0.2, 0) is 0 Å². The molecule has 0 radical (unpaired) electrons. The maximum atomic E-state index is 11.4. The summed E-state index contributed by atoms with van der Waals surface area (Å²) in [6.07, 6.45) is 7.18. The van der Waals surface area contributed by atoms with Gasteiger partial charge in [-0.1, -0.05) is 52.0 Å². The van der Waals surface area contributed by atoms with Crippen molar-refractivity contribution in [2.45, 2.75) is 57.3 Å². The van der Waals surface area contributed by atoms with Crippen LogP contribution in [0.15, 0.2) is 23.1 Å². The second-order valence-electron chi connectivity index (χ2n) is 4.98. The van der Waals surface area contributed by atoms with Crippen LogP contribution >= 0.6 is 11.8 Å². The van der Waals surface area contributed by atoms with Crippen LogP contribution < -0.4 is 4.74 Å². The molecule has 0 aliphatic rings. The van der Waals surface area contributed by atoms with Crippen LogP contribution in [0, 0.1) is 0 Å². The molecule has 118 valence electrons. The van der Waals surface area contributed by atoms with Crippen molar-refractivity contribution >= 4 is 17.7 Å². The Hall–Kier alpha value is -1.16.